The van der Waals surface area contributed by atoms with Crippen LogP contribution in [0.3, 0.4) is 0 Å². The number of carbonyl (C=O) groups excluding carboxylic acids is 2. The van der Waals surface area contributed by atoms with Crippen LogP contribution < -0.4 is 4.74 Å². The third kappa shape index (κ3) is 3.17. The minimum atomic E-state index is -0.596. The molecule has 27 heavy (non-hydrogen) atoms. The molecule has 6 nitrogen and oxygen atoms in total. The maximum absolute atomic E-state index is 12.9. The lowest BCUT2D eigenvalue weighted by Gasteiger charge is -2.26. The second kappa shape index (κ2) is 6.99. The van der Waals surface area contributed by atoms with E-state index in [1.54, 1.807) is 6.07 Å². The Morgan fingerprint density at radius 3 is 2.19 bits per heavy atom. The molecule has 1 aromatic heterocycles. The van der Waals surface area contributed by atoms with Crippen LogP contribution in [0.2, 0.25) is 0 Å². The Bertz CT molecular complexity index is 958. The van der Waals surface area contributed by atoms with Crippen molar-refractivity contribution in [1.29, 1.82) is 0 Å². The summed E-state index contributed by atoms with van der Waals surface area (Å²) in [6.45, 7) is -0.0858. The predicted octanol–water partition coefficient (Wildman–Crippen LogP) is 4.05. The summed E-state index contributed by atoms with van der Waals surface area (Å²) in [5, 5.41) is 0. The van der Waals surface area contributed by atoms with Crippen LogP contribution in [0, 0.1) is 0 Å². The number of benzene rings is 2. The van der Waals surface area contributed by atoms with Gasteiger partial charge in [-0.2, -0.15) is 0 Å². The van der Waals surface area contributed by atoms with E-state index in [1.807, 2.05) is 48.5 Å². The Morgan fingerprint density at radius 2 is 1.56 bits per heavy atom. The summed E-state index contributed by atoms with van der Waals surface area (Å²) in [6, 6.07) is 17.8. The van der Waals surface area contributed by atoms with E-state index >= 15 is 0 Å². The third-order valence-corrected chi connectivity index (χ3v) is 4.32. The van der Waals surface area contributed by atoms with Gasteiger partial charge in [0.2, 0.25) is 5.76 Å². The van der Waals surface area contributed by atoms with Gasteiger partial charge in [0.15, 0.2) is 0 Å². The van der Waals surface area contributed by atoms with E-state index in [4.69, 9.17) is 13.9 Å². The molecule has 0 radical (unpaired) electrons. The lowest BCUT2D eigenvalue weighted by molar-refractivity contribution is -0.146. The lowest BCUT2D eigenvalue weighted by Crippen LogP contribution is -2.21. The quantitative estimate of drug-likeness (QED) is 0.650. The molecular formula is C21H16O6. The second-order valence-electron chi connectivity index (χ2n) is 5.98. The Balaban J connectivity index is 1.57. The highest BCUT2D eigenvalue weighted by atomic mass is 16.6. The first-order valence-electron chi connectivity index (χ1n) is 8.36. The highest BCUT2D eigenvalue weighted by Gasteiger charge is 2.33. The zero-order valence-corrected chi connectivity index (χ0v) is 14.5. The number of carbonyl (C=O) groups is 2. The highest BCUT2D eigenvalue weighted by Crippen LogP contribution is 2.44. The number of para-hydroxylation sites is 2. The molecule has 6 heteroatoms. The minimum absolute atomic E-state index is 0.0605. The van der Waals surface area contributed by atoms with Gasteiger partial charge >= 0.3 is 11.9 Å². The van der Waals surface area contributed by atoms with E-state index in [0.29, 0.717) is 17.3 Å². The van der Waals surface area contributed by atoms with Crippen molar-refractivity contribution in [2.24, 2.45) is 0 Å². The number of methoxy groups -OCH3 is 1. The smallest absolute Gasteiger partial charge is 0.373 e. The lowest BCUT2D eigenvalue weighted by atomic mass is 9.88. The van der Waals surface area contributed by atoms with E-state index in [9.17, 15) is 9.59 Å². The molecule has 4 rings (SSSR count). The molecule has 2 aromatic carbocycles. The summed E-state index contributed by atoms with van der Waals surface area (Å²) < 4.78 is 21.3. The Morgan fingerprint density at radius 1 is 0.926 bits per heavy atom. The van der Waals surface area contributed by atoms with Crippen LogP contribution in [0.4, 0.5) is 0 Å². The number of ether oxygens (including phenoxy) is 3. The molecule has 0 N–H and O–H groups in total. The van der Waals surface area contributed by atoms with Gasteiger partial charge < -0.3 is 18.6 Å². The minimum Gasteiger partial charge on any atom is -0.463 e. The number of esters is 2. The van der Waals surface area contributed by atoms with Gasteiger partial charge in [-0.05, 0) is 24.3 Å². The summed E-state index contributed by atoms with van der Waals surface area (Å²) in [5.74, 6) is 0.0752. The van der Waals surface area contributed by atoms with E-state index in [-0.39, 0.29) is 12.4 Å². The maximum atomic E-state index is 12.9. The average Bonchev–Trinajstić information content (AvgIpc) is 3.18. The summed E-state index contributed by atoms with van der Waals surface area (Å²) in [7, 11) is 1.27. The van der Waals surface area contributed by atoms with Gasteiger partial charge in [-0.1, -0.05) is 36.4 Å². The third-order valence-electron chi connectivity index (χ3n) is 4.32. The topological polar surface area (TPSA) is 75.0 Å². The van der Waals surface area contributed by atoms with Crippen molar-refractivity contribution in [3.63, 3.8) is 0 Å². The number of rotatable bonds is 4. The van der Waals surface area contributed by atoms with Crippen molar-refractivity contribution < 1.29 is 28.2 Å². The standard InChI is InChI=1S/C21H16O6/c1-24-20(22)18-11-10-13(26-18)12-25-21(23)19-14-6-2-4-8-16(14)27-17-9-5-3-7-15(17)19/h2-11,19H,12H2,1H3. The second-order valence-corrected chi connectivity index (χ2v) is 5.98. The van der Waals surface area contributed by atoms with Gasteiger partial charge in [-0.3, -0.25) is 4.79 Å². The molecule has 0 fully saturated rings. The van der Waals surface area contributed by atoms with Crippen molar-refractivity contribution in [3.8, 4) is 11.5 Å². The fourth-order valence-electron chi connectivity index (χ4n) is 3.06. The molecule has 0 unspecified atom stereocenters. The van der Waals surface area contributed by atoms with E-state index in [0.717, 1.165) is 11.1 Å². The van der Waals surface area contributed by atoms with Gasteiger partial charge in [0.25, 0.3) is 0 Å². The largest absolute Gasteiger partial charge is 0.463 e. The normalized spacial score (nSPS) is 12.5. The van der Waals surface area contributed by atoms with Crippen molar-refractivity contribution >= 4 is 11.9 Å². The van der Waals surface area contributed by atoms with Gasteiger partial charge in [0.1, 0.15) is 29.8 Å². The van der Waals surface area contributed by atoms with Crippen LogP contribution in [-0.4, -0.2) is 19.0 Å². The monoisotopic (exact) mass is 364 g/mol. The van der Waals surface area contributed by atoms with Crippen LogP contribution in [-0.2, 0) is 20.9 Å². The van der Waals surface area contributed by atoms with Crippen LogP contribution in [0.25, 0.3) is 0 Å². The first-order chi connectivity index (χ1) is 13.2. The summed E-state index contributed by atoms with van der Waals surface area (Å²) >= 11 is 0. The molecule has 0 saturated heterocycles. The van der Waals surface area contributed by atoms with Gasteiger partial charge in [-0.25, -0.2) is 4.79 Å². The zero-order valence-electron chi connectivity index (χ0n) is 14.5. The maximum Gasteiger partial charge on any atom is 0.373 e. The molecule has 3 aromatic rings. The first-order valence-corrected chi connectivity index (χ1v) is 8.36. The van der Waals surface area contributed by atoms with E-state index in [1.165, 1.54) is 13.2 Å². The SMILES string of the molecule is COC(=O)c1ccc(COC(=O)C2c3ccccc3Oc3ccccc32)o1. The highest BCUT2D eigenvalue weighted by molar-refractivity contribution is 5.86. The molecule has 0 spiro atoms. The zero-order chi connectivity index (χ0) is 18.8. The Kier molecular flexibility index (Phi) is 4.38. The first kappa shape index (κ1) is 16.9. The molecule has 0 bridgehead atoms. The number of hydrogen-bond donors (Lipinski definition) is 0. The fraction of sp³-hybridized carbons (Fsp3) is 0.143. The number of fused-ring (bicyclic) bond motifs is 2. The molecule has 0 atom stereocenters. The summed E-state index contributed by atoms with van der Waals surface area (Å²) in [5.41, 5.74) is 1.49. The van der Waals surface area contributed by atoms with Crippen LogP contribution in [0.15, 0.2) is 65.1 Å². The van der Waals surface area contributed by atoms with E-state index in [2.05, 4.69) is 4.74 Å². The Hall–Kier alpha value is -3.54. The van der Waals surface area contributed by atoms with Crippen molar-refractivity contribution in [2.75, 3.05) is 7.11 Å². The summed E-state index contributed by atoms with van der Waals surface area (Å²) in [4.78, 5) is 24.3. The van der Waals surface area contributed by atoms with Gasteiger partial charge in [0.05, 0.1) is 7.11 Å². The Labute approximate surface area is 155 Å². The molecule has 0 aliphatic carbocycles. The van der Waals surface area contributed by atoms with Crippen molar-refractivity contribution in [2.45, 2.75) is 12.5 Å². The van der Waals surface area contributed by atoms with Gasteiger partial charge in [-0.15, -0.1) is 0 Å². The number of hydrogen-bond acceptors (Lipinski definition) is 6. The molecule has 0 saturated carbocycles. The molecule has 1 aliphatic heterocycles. The van der Waals surface area contributed by atoms with Crippen LogP contribution >= 0.6 is 0 Å². The van der Waals surface area contributed by atoms with Crippen LogP contribution in [0.1, 0.15) is 33.4 Å². The van der Waals surface area contributed by atoms with Gasteiger partial charge in [0, 0.05) is 11.1 Å². The predicted molar refractivity (Wildman–Crippen MR) is 94.6 cm³/mol. The molecule has 2 heterocycles. The molecule has 136 valence electrons. The van der Waals surface area contributed by atoms with Crippen molar-refractivity contribution in [3.05, 3.63) is 83.3 Å². The van der Waals surface area contributed by atoms with E-state index < -0.39 is 17.9 Å². The van der Waals surface area contributed by atoms with Crippen LogP contribution in [0.5, 0.6) is 11.5 Å². The fourth-order valence-corrected chi connectivity index (χ4v) is 3.06. The summed E-state index contributed by atoms with van der Waals surface area (Å²) in [6.07, 6.45) is 0. The average molecular weight is 364 g/mol. The molecular weight excluding hydrogens is 348 g/mol. The number of furan rings is 1. The van der Waals surface area contributed by atoms with Crippen molar-refractivity contribution in [1.82, 2.24) is 0 Å². The molecule has 0 amide bonds. The molecule has 1 aliphatic rings.